The standard InChI is InChI=1S/C14H19N5OS/c1-11-9-21-14(16-11)18-7-5-17(6-8-18)13(20)12(2)19-4-3-15-10-19/h3-4,9-10,12H,5-8H2,1-2H3/t12-/m1/s1. The highest BCUT2D eigenvalue weighted by Crippen LogP contribution is 2.22. The Bertz CT molecular complexity index is 601. The number of rotatable bonds is 3. The quantitative estimate of drug-likeness (QED) is 0.863. The molecule has 3 rings (SSSR count). The lowest BCUT2D eigenvalue weighted by Crippen LogP contribution is -2.50. The largest absolute Gasteiger partial charge is 0.345 e. The Labute approximate surface area is 128 Å². The van der Waals surface area contributed by atoms with E-state index in [9.17, 15) is 4.79 Å². The highest BCUT2D eigenvalue weighted by Gasteiger charge is 2.26. The van der Waals surface area contributed by atoms with Crippen LogP contribution in [0.4, 0.5) is 5.13 Å². The average Bonchev–Trinajstić information content (AvgIpc) is 3.17. The van der Waals surface area contributed by atoms with E-state index in [1.165, 1.54) is 0 Å². The van der Waals surface area contributed by atoms with Crippen LogP contribution in [0.2, 0.25) is 0 Å². The van der Waals surface area contributed by atoms with Gasteiger partial charge in [-0.1, -0.05) is 0 Å². The Morgan fingerprint density at radius 1 is 1.33 bits per heavy atom. The molecule has 21 heavy (non-hydrogen) atoms. The summed E-state index contributed by atoms with van der Waals surface area (Å²) in [6.07, 6.45) is 5.22. The maximum absolute atomic E-state index is 12.5. The Kier molecular flexibility index (Phi) is 3.92. The molecule has 0 unspecified atom stereocenters. The molecule has 0 N–H and O–H groups in total. The molecule has 1 fully saturated rings. The number of anilines is 1. The minimum atomic E-state index is -0.193. The van der Waals surface area contributed by atoms with Crippen LogP contribution in [-0.2, 0) is 4.79 Å². The molecule has 0 aromatic carbocycles. The van der Waals surface area contributed by atoms with E-state index >= 15 is 0 Å². The molecule has 0 spiro atoms. The molecule has 7 heteroatoms. The number of carbonyl (C=O) groups excluding carboxylic acids is 1. The van der Waals surface area contributed by atoms with E-state index in [2.05, 4.69) is 20.2 Å². The first kappa shape index (κ1) is 14.1. The van der Waals surface area contributed by atoms with Gasteiger partial charge in [-0.05, 0) is 13.8 Å². The van der Waals surface area contributed by atoms with Gasteiger partial charge in [0, 0.05) is 44.0 Å². The molecule has 6 nitrogen and oxygen atoms in total. The summed E-state index contributed by atoms with van der Waals surface area (Å²) in [5.41, 5.74) is 1.06. The Morgan fingerprint density at radius 3 is 2.67 bits per heavy atom. The highest BCUT2D eigenvalue weighted by molar-refractivity contribution is 7.13. The number of hydrogen-bond acceptors (Lipinski definition) is 5. The fourth-order valence-corrected chi connectivity index (χ4v) is 3.35. The molecule has 1 saturated heterocycles. The SMILES string of the molecule is Cc1csc(N2CCN(C(=O)[C@@H](C)n3ccnc3)CC2)n1. The molecular formula is C14H19N5OS. The summed E-state index contributed by atoms with van der Waals surface area (Å²) >= 11 is 1.67. The van der Waals surface area contributed by atoms with E-state index in [1.807, 2.05) is 29.5 Å². The zero-order chi connectivity index (χ0) is 14.8. The molecule has 3 heterocycles. The monoisotopic (exact) mass is 305 g/mol. The first-order valence-electron chi connectivity index (χ1n) is 7.08. The first-order chi connectivity index (χ1) is 10.1. The predicted octanol–water partition coefficient (Wildman–Crippen LogP) is 1.56. The molecule has 112 valence electrons. The number of amides is 1. The van der Waals surface area contributed by atoms with E-state index in [-0.39, 0.29) is 11.9 Å². The van der Waals surface area contributed by atoms with Crippen molar-refractivity contribution in [2.24, 2.45) is 0 Å². The van der Waals surface area contributed by atoms with E-state index in [0.717, 1.165) is 37.0 Å². The maximum atomic E-state index is 12.5. The summed E-state index contributed by atoms with van der Waals surface area (Å²) < 4.78 is 1.85. The van der Waals surface area contributed by atoms with Gasteiger partial charge in [0.25, 0.3) is 0 Å². The summed E-state index contributed by atoms with van der Waals surface area (Å²) in [5, 5.41) is 3.12. The van der Waals surface area contributed by atoms with Gasteiger partial charge in [-0.3, -0.25) is 4.79 Å². The second-order valence-corrected chi connectivity index (χ2v) is 6.11. The lowest BCUT2D eigenvalue weighted by atomic mass is 10.2. The summed E-state index contributed by atoms with van der Waals surface area (Å²) in [5.74, 6) is 0.156. The van der Waals surface area contributed by atoms with Crippen LogP contribution in [-0.4, -0.2) is 51.5 Å². The summed E-state index contributed by atoms with van der Waals surface area (Å²) in [4.78, 5) is 25.2. The van der Waals surface area contributed by atoms with Crippen molar-refractivity contribution in [3.05, 3.63) is 29.8 Å². The molecular weight excluding hydrogens is 286 g/mol. The normalized spacial score (nSPS) is 17.0. The van der Waals surface area contributed by atoms with Crippen LogP contribution in [0.1, 0.15) is 18.7 Å². The van der Waals surface area contributed by atoms with Crippen molar-refractivity contribution >= 4 is 22.4 Å². The molecule has 0 bridgehead atoms. The van der Waals surface area contributed by atoms with Crippen LogP contribution in [0.5, 0.6) is 0 Å². The van der Waals surface area contributed by atoms with Gasteiger partial charge >= 0.3 is 0 Å². The number of nitrogens with zero attached hydrogens (tertiary/aromatic N) is 5. The second-order valence-electron chi connectivity index (χ2n) is 5.27. The molecule has 0 saturated carbocycles. The number of aromatic nitrogens is 3. The second kappa shape index (κ2) is 5.85. The fraction of sp³-hybridized carbons (Fsp3) is 0.500. The van der Waals surface area contributed by atoms with Gasteiger partial charge in [0.2, 0.25) is 5.91 Å². The molecule has 0 aliphatic carbocycles. The van der Waals surface area contributed by atoms with Gasteiger partial charge in [0.05, 0.1) is 12.0 Å². The summed E-state index contributed by atoms with van der Waals surface area (Å²) in [7, 11) is 0. The summed E-state index contributed by atoms with van der Waals surface area (Å²) in [6.45, 7) is 7.10. The van der Waals surface area contributed by atoms with Gasteiger partial charge < -0.3 is 14.4 Å². The van der Waals surface area contributed by atoms with E-state index in [0.29, 0.717) is 0 Å². The molecule has 1 atom stereocenters. The highest BCUT2D eigenvalue weighted by atomic mass is 32.1. The number of thiazole rings is 1. The van der Waals surface area contributed by atoms with Crippen molar-refractivity contribution in [2.45, 2.75) is 19.9 Å². The van der Waals surface area contributed by atoms with Crippen molar-refractivity contribution in [3.63, 3.8) is 0 Å². The zero-order valence-electron chi connectivity index (χ0n) is 12.3. The number of carbonyl (C=O) groups is 1. The molecule has 2 aromatic rings. The zero-order valence-corrected chi connectivity index (χ0v) is 13.1. The third-order valence-electron chi connectivity index (χ3n) is 3.80. The number of imidazole rings is 1. The van der Waals surface area contributed by atoms with Crippen LogP contribution in [0.3, 0.4) is 0 Å². The van der Waals surface area contributed by atoms with Crippen LogP contribution in [0.15, 0.2) is 24.1 Å². The van der Waals surface area contributed by atoms with Gasteiger partial charge in [0.1, 0.15) is 6.04 Å². The van der Waals surface area contributed by atoms with Crippen molar-refractivity contribution in [2.75, 3.05) is 31.1 Å². The lowest BCUT2D eigenvalue weighted by Gasteiger charge is -2.35. The molecule has 1 aliphatic heterocycles. The van der Waals surface area contributed by atoms with Crippen molar-refractivity contribution in [3.8, 4) is 0 Å². The minimum Gasteiger partial charge on any atom is -0.345 e. The van der Waals surface area contributed by atoms with Gasteiger partial charge in [-0.15, -0.1) is 11.3 Å². The number of piperazine rings is 1. The fourth-order valence-electron chi connectivity index (χ4n) is 2.50. The van der Waals surface area contributed by atoms with Gasteiger partial charge in [-0.2, -0.15) is 0 Å². The lowest BCUT2D eigenvalue weighted by molar-refractivity contribution is -0.134. The minimum absolute atomic E-state index is 0.156. The van der Waals surface area contributed by atoms with E-state index < -0.39 is 0 Å². The third-order valence-corrected chi connectivity index (χ3v) is 4.82. The summed E-state index contributed by atoms with van der Waals surface area (Å²) in [6, 6.07) is -0.193. The average molecular weight is 305 g/mol. The van der Waals surface area contributed by atoms with Crippen LogP contribution < -0.4 is 4.90 Å². The van der Waals surface area contributed by atoms with Crippen LogP contribution in [0.25, 0.3) is 0 Å². The topological polar surface area (TPSA) is 54.3 Å². The Balaban J connectivity index is 1.59. The molecule has 2 aromatic heterocycles. The van der Waals surface area contributed by atoms with Gasteiger partial charge in [-0.25, -0.2) is 9.97 Å². The Hall–Kier alpha value is -1.89. The third kappa shape index (κ3) is 2.92. The van der Waals surface area contributed by atoms with Crippen molar-refractivity contribution in [1.82, 2.24) is 19.4 Å². The van der Waals surface area contributed by atoms with E-state index in [1.54, 1.807) is 23.9 Å². The van der Waals surface area contributed by atoms with E-state index in [4.69, 9.17) is 0 Å². The molecule has 1 amide bonds. The van der Waals surface area contributed by atoms with Crippen molar-refractivity contribution < 1.29 is 4.79 Å². The predicted molar refractivity (Wildman–Crippen MR) is 82.6 cm³/mol. The van der Waals surface area contributed by atoms with Crippen molar-refractivity contribution in [1.29, 1.82) is 0 Å². The van der Waals surface area contributed by atoms with Crippen LogP contribution >= 0.6 is 11.3 Å². The first-order valence-corrected chi connectivity index (χ1v) is 7.96. The van der Waals surface area contributed by atoms with Crippen LogP contribution in [0, 0.1) is 6.92 Å². The smallest absolute Gasteiger partial charge is 0.245 e. The molecule has 0 radical (unpaired) electrons. The maximum Gasteiger partial charge on any atom is 0.245 e. The molecule has 1 aliphatic rings. The number of hydrogen-bond donors (Lipinski definition) is 0. The number of aryl methyl sites for hydroxylation is 1. The Morgan fingerprint density at radius 2 is 2.10 bits per heavy atom. The van der Waals surface area contributed by atoms with Gasteiger partial charge in [0.15, 0.2) is 5.13 Å².